The highest BCUT2D eigenvalue weighted by Crippen LogP contribution is 2.22. The zero-order valence-electron chi connectivity index (χ0n) is 16.0. The van der Waals surface area contributed by atoms with Gasteiger partial charge in [0.2, 0.25) is 5.91 Å². The van der Waals surface area contributed by atoms with Gasteiger partial charge in [0.05, 0.1) is 0 Å². The van der Waals surface area contributed by atoms with Gasteiger partial charge in [-0.1, -0.05) is 28.8 Å². The highest BCUT2D eigenvalue weighted by atomic mass is 79.9. The van der Waals surface area contributed by atoms with E-state index in [1.165, 1.54) is 18.5 Å². The number of benzene rings is 1. The van der Waals surface area contributed by atoms with Crippen molar-refractivity contribution in [3.05, 3.63) is 28.7 Å². The molecule has 1 aliphatic heterocycles. The Hall–Kier alpha value is -1.76. The Kier molecular flexibility index (Phi) is 7.38. The quantitative estimate of drug-likeness (QED) is 0.474. The second kappa shape index (κ2) is 9.97. The van der Waals surface area contributed by atoms with Crippen LogP contribution in [0, 0.1) is 0 Å². The zero-order valence-corrected chi connectivity index (χ0v) is 17.6. The normalized spacial score (nSPS) is 20.7. The molecule has 1 amide bonds. The van der Waals surface area contributed by atoms with E-state index in [9.17, 15) is 4.79 Å². The maximum Gasteiger partial charge on any atom is 0.221 e. The third-order valence-electron chi connectivity index (χ3n) is 5.31. The summed E-state index contributed by atoms with van der Waals surface area (Å²) in [5.41, 5.74) is 1.24. The van der Waals surface area contributed by atoms with Gasteiger partial charge in [-0.3, -0.25) is 9.79 Å². The zero-order chi connectivity index (χ0) is 19.1. The molecule has 1 aromatic carbocycles. The highest BCUT2D eigenvalue weighted by molar-refractivity contribution is 9.10. The fraction of sp³-hybridized carbons (Fsp3) is 0.600. The monoisotopic (exact) mass is 435 g/mol. The van der Waals surface area contributed by atoms with Gasteiger partial charge in [-0.15, -0.1) is 0 Å². The lowest BCUT2D eigenvalue weighted by Crippen LogP contribution is -2.45. The Morgan fingerprint density at radius 1 is 1.15 bits per heavy atom. The molecule has 0 radical (unpaired) electrons. The number of nitrogens with one attached hydrogen (secondary N) is 3. The molecule has 0 spiro atoms. The molecule has 148 valence electrons. The van der Waals surface area contributed by atoms with E-state index in [1.807, 2.05) is 0 Å². The molecule has 3 N–H and O–H groups in total. The molecule has 7 heteroatoms. The fourth-order valence-electron chi connectivity index (χ4n) is 3.82. The lowest BCUT2D eigenvalue weighted by Gasteiger charge is -2.20. The van der Waals surface area contributed by atoms with Crippen molar-refractivity contribution in [3.8, 4) is 0 Å². The van der Waals surface area contributed by atoms with Crippen LogP contribution < -0.4 is 20.9 Å². The van der Waals surface area contributed by atoms with E-state index >= 15 is 0 Å². The Morgan fingerprint density at radius 2 is 1.89 bits per heavy atom. The van der Waals surface area contributed by atoms with Crippen LogP contribution in [-0.2, 0) is 4.79 Å². The van der Waals surface area contributed by atoms with Gasteiger partial charge >= 0.3 is 0 Å². The number of hydrogen-bond donors (Lipinski definition) is 3. The standard InChI is InChI=1S/C20H30BrN5O/c1-22-20(23-12-10-19(27)24-16-4-2-3-5-16)25-17-11-13-26(14-17)18-8-6-15(21)7-9-18/h6-9,16-17H,2-5,10-14H2,1H3,(H,24,27)(H2,22,23,25). The topological polar surface area (TPSA) is 68.8 Å². The van der Waals surface area contributed by atoms with E-state index in [0.717, 1.165) is 42.8 Å². The molecule has 1 aliphatic carbocycles. The molecule has 0 aromatic heterocycles. The summed E-state index contributed by atoms with van der Waals surface area (Å²) < 4.78 is 1.10. The lowest BCUT2D eigenvalue weighted by molar-refractivity contribution is -0.121. The summed E-state index contributed by atoms with van der Waals surface area (Å²) in [5.74, 6) is 0.901. The third-order valence-corrected chi connectivity index (χ3v) is 5.84. The molecule has 6 nitrogen and oxygen atoms in total. The van der Waals surface area contributed by atoms with Gasteiger partial charge in [0, 0.05) is 55.3 Å². The first-order valence-electron chi connectivity index (χ1n) is 9.91. The van der Waals surface area contributed by atoms with Crippen LogP contribution in [0.2, 0.25) is 0 Å². The van der Waals surface area contributed by atoms with Crippen LogP contribution >= 0.6 is 15.9 Å². The van der Waals surface area contributed by atoms with Gasteiger partial charge in [0.25, 0.3) is 0 Å². The van der Waals surface area contributed by atoms with Crippen molar-refractivity contribution in [3.63, 3.8) is 0 Å². The summed E-state index contributed by atoms with van der Waals surface area (Å²) in [6.07, 6.45) is 6.26. The number of rotatable bonds is 6. The van der Waals surface area contributed by atoms with Crippen LogP contribution in [0.5, 0.6) is 0 Å². The van der Waals surface area contributed by atoms with E-state index < -0.39 is 0 Å². The van der Waals surface area contributed by atoms with Crippen LogP contribution in [-0.4, -0.2) is 50.6 Å². The Balaban J connectivity index is 1.37. The SMILES string of the molecule is CN=C(NCCC(=O)NC1CCCC1)NC1CCN(c2ccc(Br)cc2)C1. The predicted octanol–water partition coefficient (Wildman–Crippen LogP) is 2.64. The minimum atomic E-state index is 0.132. The third kappa shape index (κ3) is 6.13. The Labute approximate surface area is 170 Å². The molecule has 3 rings (SSSR count). The van der Waals surface area contributed by atoms with Gasteiger partial charge in [0.15, 0.2) is 5.96 Å². The van der Waals surface area contributed by atoms with E-state index in [0.29, 0.717) is 25.0 Å². The number of guanidine groups is 1. The first-order valence-corrected chi connectivity index (χ1v) is 10.7. The molecule has 1 heterocycles. The average molecular weight is 436 g/mol. The van der Waals surface area contributed by atoms with Crippen LogP contribution in [0.1, 0.15) is 38.5 Å². The number of carbonyl (C=O) groups excluding carboxylic acids is 1. The highest BCUT2D eigenvalue weighted by Gasteiger charge is 2.23. The first kappa shape index (κ1) is 20.0. The van der Waals surface area contributed by atoms with E-state index in [4.69, 9.17) is 0 Å². The number of carbonyl (C=O) groups is 1. The van der Waals surface area contributed by atoms with E-state index in [1.54, 1.807) is 7.05 Å². The van der Waals surface area contributed by atoms with Crippen molar-refractivity contribution in [2.45, 2.75) is 50.6 Å². The van der Waals surface area contributed by atoms with Crippen molar-refractivity contribution in [2.75, 3.05) is 31.6 Å². The largest absolute Gasteiger partial charge is 0.369 e. The van der Waals surface area contributed by atoms with Gasteiger partial charge in [0.1, 0.15) is 0 Å². The summed E-state index contributed by atoms with van der Waals surface area (Å²) in [6, 6.07) is 9.18. The van der Waals surface area contributed by atoms with Gasteiger partial charge in [-0.25, -0.2) is 0 Å². The molecule has 1 saturated carbocycles. The van der Waals surface area contributed by atoms with Crippen LogP contribution in [0.4, 0.5) is 5.69 Å². The molecule has 2 aliphatic rings. The minimum Gasteiger partial charge on any atom is -0.369 e. The number of halogens is 1. The van der Waals surface area contributed by atoms with Gasteiger partial charge in [-0.2, -0.15) is 0 Å². The van der Waals surface area contributed by atoms with Crippen molar-refractivity contribution >= 4 is 33.5 Å². The van der Waals surface area contributed by atoms with Crippen LogP contribution in [0.25, 0.3) is 0 Å². The average Bonchev–Trinajstić information content (AvgIpc) is 3.33. The molecule has 1 unspecified atom stereocenters. The minimum absolute atomic E-state index is 0.132. The second-order valence-electron chi connectivity index (χ2n) is 7.35. The lowest BCUT2D eigenvalue weighted by atomic mass is 10.2. The summed E-state index contributed by atoms with van der Waals surface area (Å²) in [6.45, 7) is 2.58. The Morgan fingerprint density at radius 3 is 2.59 bits per heavy atom. The summed E-state index contributed by atoms with van der Waals surface area (Å²) in [7, 11) is 1.77. The first-order chi connectivity index (χ1) is 13.1. The maximum atomic E-state index is 12.0. The number of hydrogen-bond acceptors (Lipinski definition) is 3. The summed E-state index contributed by atoms with van der Waals surface area (Å²) in [4.78, 5) is 18.7. The second-order valence-corrected chi connectivity index (χ2v) is 8.27. The van der Waals surface area contributed by atoms with Crippen LogP contribution in [0.15, 0.2) is 33.7 Å². The van der Waals surface area contributed by atoms with Crippen molar-refractivity contribution in [1.82, 2.24) is 16.0 Å². The molecule has 0 bridgehead atoms. The number of amides is 1. The van der Waals surface area contributed by atoms with Crippen molar-refractivity contribution < 1.29 is 4.79 Å². The summed E-state index contributed by atoms with van der Waals surface area (Å²) in [5, 5.41) is 9.87. The number of anilines is 1. The molecule has 2 fully saturated rings. The van der Waals surface area contributed by atoms with Gasteiger partial charge < -0.3 is 20.9 Å². The predicted molar refractivity (Wildman–Crippen MR) is 114 cm³/mol. The maximum absolute atomic E-state index is 12.0. The van der Waals surface area contributed by atoms with Crippen LogP contribution in [0.3, 0.4) is 0 Å². The smallest absolute Gasteiger partial charge is 0.221 e. The number of aliphatic imine (C=N–C) groups is 1. The molecular weight excluding hydrogens is 406 g/mol. The Bertz CT molecular complexity index is 642. The molecule has 27 heavy (non-hydrogen) atoms. The van der Waals surface area contributed by atoms with Crippen molar-refractivity contribution in [2.24, 2.45) is 4.99 Å². The van der Waals surface area contributed by atoms with Crippen molar-refractivity contribution in [1.29, 1.82) is 0 Å². The molecule has 1 saturated heterocycles. The summed E-state index contributed by atoms with van der Waals surface area (Å²) >= 11 is 3.48. The molecule has 1 aromatic rings. The fourth-order valence-corrected chi connectivity index (χ4v) is 4.08. The molecular formula is C20H30BrN5O. The van der Waals surface area contributed by atoms with Gasteiger partial charge in [-0.05, 0) is 43.5 Å². The molecule has 1 atom stereocenters. The number of nitrogens with zero attached hydrogens (tertiary/aromatic N) is 2. The van der Waals surface area contributed by atoms with E-state index in [2.05, 4.69) is 66.0 Å². The van der Waals surface area contributed by atoms with E-state index in [-0.39, 0.29) is 5.91 Å².